The Kier molecular flexibility index (Phi) is 12.7. The van der Waals surface area contributed by atoms with E-state index >= 15 is 0 Å². The monoisotopic (exact) mass is 440 g/mol. The maximum atomic E-state index is 12.2. The van der Waals surface area contributed by atoms with Gasteiger partial charge in [-0.1, -0.05) is 49.4 Å². The van der Waals surface area contributed by atoms with Gasteiger partial charge in [0, 0.05) is 12.5 Å². The molecule has 1 aliphatic rings. The Hall–Kier alpha value is -2.17. The first-order valence-corrected chi connectivity index (χ1v) is 12.0. The summed E-state index contributed by atoms with van der Waals surface area (Å²) in [6, 6.07) is 7.96. The lowest BCUT2D eigenvalue weighted by atomic mass is 9.86. The largest absolute Gasteiger partial charge is 0.497 e. The SMILES string of the molecule is CC/C=C\C[C@@H](O)CCC1C(=O)C=C[C@@H]1C/C=C\CCCCOCc1ccc(OC)cc1. The molecule has 4 nitrogen and oxygen atoms in total. The van der Waals surface area contributed by atoms with E-state index in [-0.39, 0.29) is 23.7 Å². The van der Waals surface area contributed by atoms with Crippen molar-refractivity contribution in [3.8, 4) is 5.75 Å². The number of methoxy groups -OCH3 is 1. The van der Waals surface area contributed by atoms with E-state index in [1.807, 2.05) is 36.4 Å². The van der Waals surface area contributed by atoms with Gasteiger partial charge in [-0.2, -0.15) is 0 Å². The Morgan fingerprint density at radius 2 is 1.91 bits per heavy atom. The molecule has 0 radical (unpaired) electrons. The molecule has 0 saturated carbocycles. The van der Waals surface area contributed by atoms with Gasteiger partial charge in [0.1, 0.15) is 5.75 Å². The molecule has 4 heteroatoms. The van der Waals surface area contributed by atoms with Gasteiger partial charge in [0.05, 0.1) is 19.8 Å². The van der Waals surface area contributed by atoms with Crippen LogP contribution in [-0.4, -0.2) is 30.7 Å². The molecule has 1 aromatic rings. The van der Waals surface area contributed by atoms with Crippen molar-refractivity contribution < 1.29 is 19.4 Å². The van der Waals surface area contributed by atoms with Crippen LogP contribution in [0.15, 0.2) is 60.7 Å². The summed E-state index contributed by atoms with van der Waals surface area (Å²) in [5.41, 5.74) is 1.16. The van der Waals surface area contributed by atoms with Crippen LogP contribution in [0.1, 0.15) is 63.9 Å². The second kappa shape index (κ2) is 15.6. The standard InChI is InChI=1S/C28H40O4/c1-3-4-8-12-25(29)16-19-27-24(15-20-28(27)30)11-9-6-5-7-10-21-32-22-23-13-17-26(31-2)18-14-23/h4,6,8-9,13-15,17-18,20,24-25,27,29H,3,5,7,10-12,16,19,21-22H2,1-2H3/b8-4-,9-6-/t24-,25+,27?/m0/s1. The zero-order valence-corrected chi connectivity index (χ0v) is 19.7. The number of carbonyl (C=O) groups excluding carboxylic acids is 1. The molecule has 0 heterocycles. The molecule has 3 atom stereocenters. The summed E-state index contributed by atoms with van der Waals surface area (Å²) in [6.07, 6.45) is 19.1. The summed E-state index contributed by atoms with van der Waals surface area (Å²) in [5, 5.41) is 10.1. The lowest BCUT2D eigenvalue weighted by Gasteiger charge is -2.18. The number of hydrogen-bond acceptors (Lipinski definition) is 4. The number of allylic oxidation sites excluding steroid dienone is 5. The Labute approximate surface area is 194 Å². The fourth-order valence-electron chi connectivity index (χ4n) is 3.95. The number of unbranched alkanes of at least 4 members (excludes halogenated alkanes) is 2. The minimum atomic E-state index is -0.352. The summed E-state index contributed by atoms with van der Waals surface area (Å²) < 4.78 is 10.9. The van der Waals surface area contributed by atoms with E-state index < -0.39 is 0 Å². The topological polar surface area (TPSA) is 55.8 Å². The number of aliphatic hydroxyl groups excluding tert-OH is 1. The number of carbonyl (C=O) groups is 1. The van der Waals surface area contributed by atoms with E-state index in [4.69, 9.17) is 9.47 Å². The van der Waals surface area contributed by atoms with Crippen molar-refractivity contribution in [2.75, 3.05) is 13.7 Å². The Bertz CT molecular complexity index is 732. The molecule has 1 unspecified atom stereocenters. The Morgan fingerprint density at radius 1 is 1.09 bits per heavy atom. The first kappa shape index (κ1) is 26.1. The van der Waals surface area contributed by atoms with Crippen LogP contribution in [0.25, 0.3) is 0 Å². The third kappa shape index (κ3) is 9.97. The predicted molar refractivity (Wildman–Crippen MR) is 131 cm³/mol. The number of benzene rings is 1. The van der Waals surface area contributed by atoms with Gasteiger partial charge in [0.15, 0.2) is 5.78 Å². The highest BCUT2D eigenvalue weighted by Crippen LogP contribution is 2.30. The number of hydrogen-bond donors (Lipinski definition) is 1. The van der Waals surface area contributed by atoms with Gasteiger partial charge in [0.2, 0.25) is 0 Å². The molecule has 1 N–H and O–H groups in total. The fraction of sp³-hybridized carbons (Fsp3) is 0.536. The first-order chi connectivity index (χ1) is 15.6. The van der Waals surface area contributed by atoms with Gasteiger partial charge in [-0.05, 0) is 81.1 Å². The molecular formula is C28H40O4. The van der Waals surface area contributed by atoms with Crippen LogP contribution in [0.5, 0.6) is 5.75 Å². The van der Waals surface area contributed by atoms with E-state index in [1.54, 1.807) is 13.2 Å². The molecule has 0 aliphatic heterocycles. The average molecular weight is 441 g/mol. The van der Waals surface area contributed by atoms with E-state index in [0.29, 0.717) is 19.4 Å². The Morgan fingerprint density at radius 3 is 2.66 bits per heavy atom. The fourth-order valence-corrected chi connectivity index (χ4v) is 3.95. The van der Waals surface area contributed by atoms with Gasteiger partial charge in [-0.25, -0.2) is 0 Å². The highest BCUT2D eigenvalue weighted by molar-refractivity contribution is 5.94. The van der Waals surface area contributed by atoms with Crippen LogP contribution in [0.3, 0.4) is 0 Å². The van der Waals surface area contributed by atoms with Gasteiger partial charge in [-0.3, -0.25) is 4.79 Å². The van der Waals surface area contributed by atoms with Gasteiger partial charge in [-0.15, -0.1) is 0 Å². The van der Waals surface area contributed by atoms with Gasteiger partial charge >= 0.3 is 0 Å². The minimum Gasteiger partial charge on any atom is -0.497 e. The Balaban J connectivity index is 1.55. The second-order valence-electron chi connectivity index (χ2n) is 8.48. The predicted octanol–water partition coefficient (Wildman–Crippen LogP) is 6.20. The third-order valence-electron chi connectivity index (χ3n) is 5.92. The molecule has 0 bridgehead atoms. The highest BCUT2D eigenvalue weighted by Gasteiger charge is 2.29. The maximum Gasteiger partial charge on any atom is 0.159 e. The molecule has 176 valence electrons. The van der Waals surface area contributed by atoms with E-state index in [2.05, 4.69) is 25.2 Å². The van der Waals surface area contributed by atoms with Crippen LogP contribution < -0.4 is 4.74 Å². The summed E-state index contributed by atoms with van der Waals surface area (Å²) in [4.78, 5) is 12.2. The summed E-state index contributed by atoms with van der Waals surface area (Å²) >= 11 is 0. The minimum absolute atomic E-state index is 0.0239. The quantitative estimate of drug-likeness (QED) is 0.246. The van der Waals surface area contributed by atoms with Crippen molar-refractivity contribution in [2.24, 2.45) is 11.8 Å². The number of ether oxygens (including phenoxy) is 2. The molecule has 0 saturated heterocycles. The van der Waals surface area contributed by atoms with Gasteiger partial charge < -0.3 is 14.6 Å². The number of ketones is 1. The first-order valence-electron chi connectivity index (χ1n) is 12.0. The maximum absolute atomic E-state index is 12.2. The zero-order valence-electron chi connectivity index (χ0n) is 19.7. The van der Waals surface area contributed by atoms with Crippen molar-refractivity contribution in [2.45, 2.75) is 71.0 Å². The lowest BCUT2D eigenvalue weighted by molar-refractivity contribution is -0.118. The molecule has 1 aliphatic carbocycles. The zero-order chi connectivity index (χ0) is 23.0. The molecule has 2 rings (SSSR count). The molecule has 0 aromatic heterocycles. The smallest absolute Gasteiger partial charge is 0.159 e. The highest BCUT2D eigenvalue weighted by atomic mass is 16.5. The molecular weight excluding hydrogens is 400 g/mol. The summed E-state index contributed by atoms with van der Waals surface area (Å²) in [6.45, 7) is 3.48. The van der Waals surface area contributed by atoms with Crippen LogP contribution in [0.4, 0.5) is 0 Å². The van der Waals surface area contributed by atoms with Crippen molar-refractivity contribution in [1.82, 2.24) is 0 Å². The normalized spacial score (nSPS) is 19.4. The lowest BCUT2D eigenvalue weighted by Crippen LogP contribution is -2.18. The van der Waals surface area contributed by atoms with E-state index in [9.17, 15) is 9.90 Å². The molecule has 0 fully saturated rings. The summed E-state index contributed by atoms with van der Waals surface area (Å²) in [5.74, 6) is 1.37. The second-order valence-corrected chi connectivity index (χ2v) is 8.48. The molecule has 0 spiro atoms. The van der Waals surface area contributed by atoms with Crippen molar-refractivity contribution in [1.29, 1.82) is 0 Å². The van der Waals surface area contributed by atoms with Crippen molar-refractivity contribution in [3.05, 3.63) is 66.3 Å². The molecule has 32 heavy (non-hydrogen) atoms. The van der Waals surface area contributed by atoms with Crippen LogP contribution in [0.2, 0.25) is 0 Å². The number of rotatable bonds is 16. The molecule has 1 aromatic carbocycles. The average Bonchev–Trinajstić information content (AvgIpc) is 3.16. The third-order valence-corrected chi connectivity index (χ3v) is 5.92. The van der Waals surface area contributed by atoms with Crippen LogP contribution >= 0.6 is 0 Å². The number of aliphatic hydroxyl groups is 1. The molecule has 0 amide bonds. The van der Waals surface area contributed by atoms with E-state index in [1.165, 1.54) is 0 Å². The van der Waals surface area contributed by atoms with Crippen molar-refractivity contribution in [3.63, 3.8) is 0 Å². The summed E-state index contributed by atoms with van der Waals surface area (Å²) in [7, 11) is 1.67. The van der Waals surface area contributed by atoms with Crippen LogP contribution in [-0.2, 0) is 16.1 Å². The van der Waals surface area contributed by atoms with E-state index in [0.717, 1.165) is 56.4 Å². The van der Waals surface area contributed by atoms with Crippen molar-refractivity contribution >= 4 is 5.78 Å². The van der Waals surface area contributed by atoms with Crippen LogP contribution in [0, 0.1) is 11.8 Å². The van der Waals surface area contributed by atoms with Gasteiger partial charge in [0.25, 0.3) is 0 Å².